The molecule has 2 nitrogen and oxygen atoms in total. The number of carbonyl (C=O) groups excluding carboxylic acids is 1. The van der Waals surface area contributed by atoms with Gasteiger partial charge in [0.15, 0.2) is 0 Å². The number of hydrogen-bond acceptors (Lipinski definition) is 2. The molecule has 1 aromatic carbocycles. The predicted octanol–water partition coefficient (Wildman–Crippen LogP) is 1.31. The van der Waals surface area contributed by atoms with Gasteiger partial charge in [-0.1, -0.05) is 36.8 Å². The van der Waals surface area contributed by atoms with Crippen molar-refractivity contribution in [3.8, 4) is 0 Å². The smallest absolute Gasteiger partial charge is 0.0417 e. The normalized spacial score (nSPS) is 12.4. The van der Waals surface area contributed by atoms with Crippen molar-refractivity contribution in [1.29, 1.82) is 0 Å². The summed E-state index contributed by atoms with van der Waals surface area (Å²) in [6.07, 6.45) is 0.934. The minimum atomic E-state index is -0.967. The van der Waals surface area contributed by atoms with Crippen LogP contribution in [0.5, 0.6) is 0 Å². The van der Waals surface area contributed by atoms with Gasteiger partial charge in [-0.05, 0) is 31.2 Å². The lowest BCUT2D eigenvalue weighted by molar-refractivity contribution is -0.306. The third kappa shape index (κ3) is 3.60. The first-order valence-electron chi connectivity index (χ1n) is 4.83. The Bertz CT molecular complexity index is 318. The Balaban J connectivity index is 2.55. The molecule has 76 valence electrons. The number of carboxylic acids is 1. The number of carboxylic acid groups (broad SMARTS) is 1. The van der Waals surface area contributed by atoms with Crippen LogP contribution in [0.25, 0.3) is 0 Å². The molecule has 0 heterocycles. The van der Waals surface area contributed by atoms with Crippen LogP contribution in [0.4, 0.5) is 0 Å². The van der Waals surface area contributed by atoms with E-state index in [1.165, 1.54) is 11.1 Å². The lowest BCUT2D eigenvalue weighted by atomic mass is 9.97. The highest BCUT2D eigenvalue weighted by Gasteiger charge is 2.03. The maximum atomic E-state index is 10.4. The zero-order valence-corrected chi connectivity index (χ0v) is 8.62. The lowest BCUT2D eigenvalue weighted by Crippen LogP contribution is -2.24. The zero-order valence-electron chi connectivity index (χ0n) is 8.62. The van der Waals surface area contributed by atoms with Crippen LogP contribution in [0, 0.1) is 12.8 Å². The summed E-state index contributed by atoms with van der Waals surface area (Å²) in [5, 5.41) is 10.4. The van der Waals surface area contributed by atoms with Gasteiger partial charge in [0.2, 0.25) is 0 Å². The fraction of sp³-hybridized carbons (Fsp3) is 0.417. The summed E-state index contributed by atoms with van der Waals surface area (Å²) in [7, 11) is 0. The number of rotatable bonds is 4. The quantitative estimate of drug-likeness (QED) is 0.720. The third-order valence-electron chi connectivity index (χ3n) is 2.18. The Kier molecular flexibility index (Phi) is 3.69. The molecule has 0 fully saturated rings. The standard InChI is InChI=1S/C12H16O2/c1-9-4-3-5-11(6-9)7-10(2)8-12(13)14/h3-6,10H,7-8H2,1-2H3,(H,13,14)/p-1/t10-/m0/s1. The van der Waals surface area contributed by atoms with Crippen molar-refractivity contribution in [2.75, 3.05) is 0 Å². The van der Waals surface area contributed by atoms with E-state index in [9.17, 15) is 9.90 Å². The van der Waals surface area contributed by atoms with Crippen LogP contribution in [0.15, 0.2) is 24.3 Å². The summed E-state index contributed by atoms with van der Waals surface area (Å²) >= 11 is 0. The van der Waals surface area contributed by atoms with Gasteiger partial charge in [-0.3, -0.25) is 0 Å². The van der Waals surface area contributed by atoms with Crippen molar-refractivity contribution in [3.63, 3.8) is 0 Å². The van der Waals surface area contributed by atoms with Crippen LogP contribution in [0.1, 0.15) is 24.5 Å². The molecule has 0 unspecified atom stereocenters. The van der Waals surface area contributed by atoms with Crippen molar-refractivity contribution in [3.05, 3.63) is 35.4 Å². The third-order valence-corrected chi connectivity index (χ3v) is 2.18. The second-order valence-corrected chi connectivity index (χ2v) is 3.87. The van der Waals surface area contributed by atoms with E-state index in [0.29, 0.717) is 0 Å². The maximum Gasteiger partial charge on any atom is 0.0417 e. The molecule has 0 saturated heterocycles. The molecule has 0 spiro atoms. The SMILES string of the molecule is Cc1cccc(C[C@H](C)CC(=O)[O-])c1. The second-order valence-electron chi connectivity index (χ2n) is 3.87. The van der Waals surface area contributed by atoms with Gasteiger partial charge in [0.05, 0.1) is 0 Å². The zero-order chi connectivity index (χ0) is 10.6. The molecule has 1 rings (SSSR count). The van der Waals surface area contributed by atoms with Gasteiger partial charge in [0.1, 0.15) is 0 Å². The van der Waals surface area contributed by atoms with E-state index in [0.717, 1.165) is 6.42 Å². The first kappa shape index (κ1) is 10.8. The topological polar surface area (TPSA) is 40.1 Å². The molecule has 0 aliphatic carbocycles. The molecule has 0 radical (unpaired) electrons. The van der Waals surface area contributed by atoms with E-state index >= 15 is 0 Å². The number of hydrogen-bond donors (Lipinski definition) is 0. The molecule has 0 aromatic heterocycles. The molecule has 0 bridgehead atoms. The average Bonchev–Trinajstić information content (AvgIpc) is 2.01. The maximum absolute atomic E-state index is 10.4. The van der Waals surface area contributed by atoms with Gasteiger partial charge >= 0.3 is 0 Å². The fourth-order valence-corrected chi connectivity index (χ4v) is 1.60. The Hall–Kier alpha value is -1.31. The van der Waals surface area contributed by atoms with Gasteiger partial charge in [-0.25, -0.2) is 0 Å². The van der Waals surface area contributed by atoms with Crippen LogP contribution >= 0.6 is 0 Å². The van der Waals surface area contributed by atoms with E-state index < -0.39 is 5.97 Å². The average molecular weight is 191 g/mol. The predicted molar refractivity (Wildman–Crippen MR) is 53.7 cm³/mol. The summed E-state index contributed by atoms with van der Waals surface area (Å²) < 4.78 is 0. The van der Waals surface area contributed by atoms with Crippen molar-refractivity contribution in [1.82, 2.24) is 0 Å². The van der Waals surface area contributed by atoms with Gasteiger partial charge in [-0.2, -0.15) is 0 Å². The minimum absolute atomic E-state index is 0.133. The summed E-state index contributed by atoms with van der Waals surface area (Å²) in [6.45, 7) is 3.96. The number of carbonyl (C=O) groups is 1. The molecule has 0 aliphatic rings. The monoisotopic (exact) mass is 191 g/mol. The molecule has 2 heteroatoms. The van der Waals surface area contributed by atoms with Gasteiger partial charge in [-0.15, -0.1) is 0 Å². The Morgan fingerprint density at radius 3 is 2.79 bits per heavy atom. The largest absolute Gasteiger partial charge is 0.550 e. The highest BCUT2D eigenvalue weighted by Crippen LogP contribution is 2.12. The highest BCUT2D eigenvalue weighted by atomic mass is 16.4. The first-order valence-corrected chi connectivity index (χ1v) is 4.83. The molecule has 0 saturated carbocycles. The minimum Gasteiger partial charge on any atom is -0.550 e. The van der Waals surface area contributed by atoms with E-state index in [2.05, 4.69) is 6.07 Å². The van der Waals surface area contributed by atoms with Crippen LogP contribution in [-0.2, 0) is 11.2 Å². The Morgan fingerprint density at radius 2 is 2.21 bits per heavy atom. The van der Waals surface area contributed by atoms with Crippen LogP contribution in [-0.4, -0.2) is 5.97 Å². The molecule has 0 aliphatic heterocycles. The van der Waals surface area contributed by atoms with E-state index in [-0.39, 0.29) is 12.3 Å². The van der Waals surface area contributed by atoms with Crippen LogP contribution in [0.3, 0.4) is 0 Å². The summed E-state index contributed by atoms with van der Waals surface area (Å²) in [6, 6.07) is 8.15. The molecular weight excluding hydrogens is 176 g/mol. The number of aryl methyl sites for hydroxylation is 1. The van der Waals surface area contributed by atoms with Crippen LogP contribution in [0.2, 0.25) is 0 Å². The molecule has 0 N–H and O–H groups in total. The Morgan fingerprint density at radius 1 is 1.50 bits per heavy atom. The summed E-state index contributed by atoms with van der Waals surface area (Å²) in [5.41, 5.74) is 2.40. The van der Waals surface area contributed by atoms with Crippen LogP contribution < -0.4 is 5.11 Å². The van der Waals surface area contributed by atoms with E-state index in [1.54, 1.807) is 0 Å². The number of benzene rings is 1. The van der Waals surface area contributed by atoms with Crippen molar-refractivity contribution < 1.29 is 9.90 Å². The molecular formula is C12H15O2-. The highest BCUT2D eigenvalue weighted by molar-refractivity contribution is 5.64. The van der Waals surface area contributed by atoms with Crippen molar-refractivity contribution in [2.45, 2.75) is 26.7 Å². The summed E-state index contributed by atoms with van der Waals surface area (Å²) in [5.74, 6) is -0.827. The molecule has 14 heavy (non-hydrogen) atoms. The molecule has 1 atom stereocenters. The Labute approximate surface area is 84.6 Å². The van der Waals surface area contributed by atoms with Crippen molar-refractivity contribution >= 4 is 5.97 Å². The summed E-state index contributed by atoms with van der Waals surface area (Å²) in [4.78, 5) is 10.4. The van der Waals surface area contributed by atoms with Gasteiger partial charge in [0.25, 0.3) is 0 Å². The number of aliphatic carboxylic acids is 1. The van der Waals surface area contributed by atoms with Gasteiger partial charge in [0, 0.05) is 5.97 Å². The fourth-order valence-electron chi connectivity index (χ4n) is 1.60. The molecule has 0 amide bonds. The van der Waals surface area contributed by atoms with Gasteiger partial charge < -0.3 is 9.90 Å². The van der Waals surface area contributed by atoms with E-state index in [4.69, 9.17) is 0 Å². The second kappa shape index (κ2) is 4.80. The van der Waals surface area contributed by atoms with Crippen molar-refractivity contribution in [2.24, 2.45) is 5.92 Å². The molecule has 1 aromatic rings. The first-order chi connectivity index (χ1) is 6.58. The lowest BCUT2D eigenvalue weighted by Gasteiger charge is -2.12. The van der Waals surface area contributed by atoms with E-state index in [1.807, 2.05) is 32.0 Å².